The molecule has 1 nitrogen and oxygen atoms in total. The van der Waals surface area contributed by atoms with E-state index in [1.54, 1.807) is 6.08 Å². The molecule has 0 fully saturated rings. The van der Waals surface area contributed by atoms with Gasteiger partial charge in [-0.3, -0.25) is 0 Å². The number of hydrogen-bond donors (Lipinski definition) is 1. The van der Waals surface area contributed by atoms with Crippen molar-refractivity contribution in [2.24, 2.45) is 0 Å². The molecule has 0 atom stereocenters. The second-order valence-electron chi connectivity index (χ2n) is 0.408. The van der Waals surface area contributed by atoms with Crippen LogP contribution in [0.15, 0.2) is 12.7 Å². The van der Waals surface area contributed by atoms with E-state index in [1.165, 1.54) is 0 Å². The third kappa shape index (κ3) is 158000. The average molecular weight is 95.6 g/mol. The first kappa shape index (κ1) is 20.1. The smallest absolute Gasteiger partial charge is 0.0473 e. The lowest BCUT2D eigenvalue weighted by Gasteiger charge is -1.31. The van der Waals surface area contributed by atoms with Crippen molar-refractivity contribution >= 4 is 12.4 Å². The molecule has 0 aliphatic rings. The summed E-state index contributed by atoms with van der Waals surface area (Å²) in [5.41, 5.74) is 0. The Morgan fingerprint density at radius 2 is 1.60 bits per heavy atom. The molecule has 0 rings (SSSR count). The standard InChI is InChI=1S/C3H6.ClH.H3N/c1-3-2;;/h3H,1H2,2H3;1H;1H3. The van der Waals surface area contributed by atoms with Crippen molar-refractivity contribution in [1.29, 1.82) is 0 Å². The maximum absolute atomic E-state index is 3.36. The molecular formula is C3H10ClN. The van der Waals surface area contributed by atoms with Crippen LogP contribution in [-0.2, 0) is 0 Å². The predicted octanol–water partition coefficient (Wildman–Crippen LogP) is 1.78. The summed E-state index contributed by atoms with van der Waals surface area (Å²) < 4.78 is 0. The number of allylic oxidation sites excluding steroid dienone is 1. The van der Waals surface area contributed by atoms with Crippen molar-refractivity contribution in [2.45, 2.75) is 6.92 Å². The molecule has 0 radical (unpaired) electrons. The Balaban J connectivity index is -0.0000000200. The van der Waals surface area contributed by atoms with Gasteiger partial charge < -0.3 is 6.15 Å². The van der Waals surface area contributed by atoms with E-state index in [4.69, 9.17) is 0 Å². The summed E-state index contributed by atoms with van der Waals surface area (Å²) in [6, 6.07) is 0. The van der Waals surface area contributed by atoms with E-state index in [-0.39, 0.29) is 18.6 Å². The first-order valence-corrected chi connectivity index (χ1v) is 0.986. The van der Waals surface area contributed by atoms with E-state index in [9.17, 15) is 0 Å². The first-order chi connectivity index (χ1) is 1.41. The highest BCUT2D eigenvalue weighted by molar-refractivity contribution is 5.85. The topological polar surface area (TPSA) is 35.0 Å². The Kier molecular flexibility index (Phi) is 146. The van der Waals surface area contributed by atoms with E-state index in [2.05, 4.69) is 6.58 Å². The summed E-state index contributed by atoms with van der Waals surface area (Å²) in [5, 5.41) is 0. The van der Waals surface area contributed by atoms with Crippen molar-refractivity contribution in [3.05, 3.63) is 12.7 Å². The molecule has 0 aromatic heterocycles. The van der Waals surface area contributed by atoms with Crippen LogP contribution in [0.2, 0.25) is 0 Å². The van der Waals surface area contributed by atoms with Gasteiger partial charge in [0.1, 0.15) is 0 Å². The Labute approximate surface area is 39.1 Å². The predicted molar refractivity (Wildman–Crippen MR) is 28.1 cm³/mol. The summed E-state index contributed by atoms with van der Waals surface area (Å²) in [4.78, 5) is 0. The minimum Gasteiger partial charge on any atom is -0.344 e. The van der Waals surface area contributed by atoms with Gasteiger partial charge in [0.05, 0.1) is 0 Å². The summed E-state index contributed by atoms with van der Waals surface area (Å²) in [6.07, 6.45) is 1.75. The largest absolute Gasteiger partial charge is 0.344 e. The lowest BCUT2D eigenvalue weighted by molar-refractivity contribution is 1.80. The monoisotopic (exact) mass is 95.1 g/mol. The molecule has 0 aliphatic carbocycles. The maximum Gasteiger partial charge on any atom is -0.0473 e. The molecule has 0 heterocycles. The highest BCUT2D eigenvalue weighted by Gasteiger charge is 1.15. The van der Waals surface area contributed by atoms with Gasteiger partial charge in [0.15, 0.2) is 0 Å². The van der Waals surface area contributed by atoms with Crippen molar-refractivity contribution in [3.63, 3.8) is 0 Å². The van der Waals surface area contributed by atoms with Crippen molar-refractivity contribution < 1.29 is 0 Å². The molecule has 0 saturated carbocycles. The van der Waals surface area contributed by atoms with Gasteiger partial charge in [-0.2, -0.15) is 0 Å². The van der Waals surface area contributed by atoms with Crippen molar-refractivity contribution in [3.8, 4) is 0 Å². The molecule has 0 saturated heterocycles. The van der Waals surface area contributed by atoms with Crippen LogP contribution in [0, 0.1) is 0 Å². The fourth-order valence-electron chi connectivity index (χ4n) is 0. The second kappa shape index (κ2) is 36.4. The quantitative estimate of drug-likeness (QED) is 0.458. The van der Waals surface area contributed by atoms with Crippen molar-refractivity contribution in [2.75, 3.05) is 0 Å². The van der Waals surface area contributed by atoms with Crippen LogP contribution in [0.5, 0.6) is 0 Å². The molecule has 0 aromatic carbocycles. The zero-order chi connectivity index (χ0) is 2.71. The highest BCUT2D eigenvalue weighted by Crippen LogP contribution is 1.38. The summed E-state index contributed by atoms with van der Waals surface area (Å²) in [5.74, 6) is 0. The highest BCUT2D eigenvalue weighted by atomic mass is 35.5. The lowest BCUT2D eigenvalue weighted by Crippen LogP contribution is -1.07. The summed E-state index contributed by atoms with van der Waals surface area (Å²) in [6.45, 7) is 5.25. The minimum atomic E-state index is 0. The number of rotatable bonds is 0. The van der Waals surface area contributed by atoms with Gasteiger partial charge in [0.2, 0.25) is 0 Å². The van der Waals surface area contributed by atoms with E-state index in [0.717, 1.165) is 0 Å². The molecule has 0 bridgehead atoms. The molecule has 0 unspecified atom stereocenters. The van der Waals surface area contributed by atoms with Crippen LogP contribution in [0.4, 0.5) is 0 Å². The normalized spacial score (nSPS) is 2.60. The van der Waals surface area contributed by atoms with Gasteiger partial charge in [-0.25, -0.2) is 0 Å². The second-order valence-corrected chi connectivity index (χ2v) is 0.408. The van der Waals surface area contributed by atoms with Crippen LogP contribution in [0.25, 0.3) is 0 Å². The molecule has 5 heavy (non-hydrogen) atoms. The Hall–Kier alpha value is -0.0100. The van der Waals surface area contributed by atoms with Crippen LogP contribution in [-0.4, -0.2) is 0 Å². The fraction of sp³-hybridized carbons (Fsp3) is 0.333. The molecule has 3 N–H and O–H groups in total. The SMILES string of the molecule is C=CC.Cl.N. The van der Waals surface area contributed by atoms with E-state index < -0.39 is 0 Å². The van der Waals surface area contributed by atoms with Crippen LogP contribution in [0.3, 0.4) is 0 Å². The molecule has 0 aliphatic heterocycles. The minimum absolute atomic E-state index is 0. The first-order valence-electron chi connectivity index (χ1n) is 0.986. The fourth-order valence-corrected chi connectivity index (χ4v) is 0. The van der Waals surface area contributed by atoms with Crippen LogP contribution in [0.1, 0.15) is 6.92 Å². The average Bonchev–Trinajstić information content (AvgIpc) is 0.918. The van der Waals surface area contributed by atoms with Gasteiger partial charge in [-0.15, -0.1) is 19.0 Å². The third-order valence-electron chi connectivity index (χ3n) is 0. The van der Waals surface area contributed by atoms with E-state index in [0.29, 0.717) is 0 Å². The molecular weight excluding hydrogens is 85.5 g/mol. The van der Waals surface area contributed by atoms with Gasteiger partial charge >= 0.3 is 0 Å². The summed E-state index contributed by atoms with van der Waals surface area (Å²) in [7, 11) is 0. The molecule has 2 heteroatoms. The lowest BCUT2D eigenvalue weighted by atomic mass is 10.8. The zero-order valence-electron chi connectivity index (χ0n) is 3.40. The van der Waals surface area contributed by atoms with Gasteiger partial charge in [0.25, 0.3) is 0 Å². The number of halogens is 1. The van der Waals surface area contributed by atoms with Crippen LogP contribution < -0.4 is 6.15 Å². The molecule has 0 aromatic rings. The Morgan fingerprint density at radius 1 is 1.60 bits per heavy atom. The van der Waals surface area contributed by atoms with Gasteiger partial charge in [-0.05, 0) is 6.92 Å². The molecule has 0 amide bonds. The third-order valence-corrected chi connectivity index (χ3v) is 0. The zero-order valence-corrected chi connectivity index (χ0v) is 4.22. The molecule has 0 spiro atoms. The Bertz CT molecular complexity index is 14.4. The molecule has 34 valence electrons. The van der Waals surface area contributed by atoms with E-state index in [1.807, 2.05) is 6.92 Å². The van der Waals surface area contributed by atoms with E-state index >= 15 is 0 Å². The van der Waals surface area contributed by atoms with Gasteiger partial charge in [-0.1, -0.05) is 6.08 Å². The maximum atomic E-state index is 3.36. The number of hydrogen-bond acceptors (Lipinski definition) is 1. The Morgan fingerprint density at radius 3 is 1.60 bits per heavy atom. The summed E-state index contributed by atoms with van der Waals surface area (Å²) >= 11 is 0. The van der Waals surface area contributed by atoms with Crippen LogP contribution >= 0.6 is 12.4 Å². The van der Waals surface area contributed by atoms with Crippen molar-refractivity contribution in [1.82, 2.24) is 6.15 Å². The van der Waals surface area contributed by atoms with Gasteiger partial charge in [0, 0.05) is 0 Å².